The number of anilines is 9. The minimum Gasteiger partial charge on any atom is -0.455 e. The molecule has 0 bridgehead atoms. The van der Waals surface area contributed by atoms with E-state index in [0.717, 1.165) is 95.7 Å². The van der Waals surface area contributed by atoms with Crippen molar-refractivity contribution >= 4 is 83.7 Å². The standard InChI is InChI=1S/C82H65N3O/c1-54-15-34-64(35-16-54)83(65-36-17-55(2)18-37-65)70-46-27-60(28-47-70)79-73-11-7-9-13-75(73)80(76-14-10-8-12-74(76)79)63-33-52-77-78(53-63)86-82(62-31-50-72(51-32-62)85(68-42-23-58(5)24-43-68)69-44-25-59(6)26-45-69)81(77)61-29-48-71(49-30-61)84(66-38-19-56(3)20-39-66)67-40-21-57(4)22-41-67/h7-53H,1-6H3. The summed E-state index contributed by atoms with van der Waals surface area (Å²) in [6.45, 7) is 12.8. The van der Waals surface area contributed by atoms with Crippen molar-refractivity contribution in [3.05, 3.63) is 318 Å². The highest BCUT2D eigenvalue weighted by Crippen LogP contribution is 2.49. The molecule has 4 heteroatoms. The van der Waals surface area contributed by atoms with Gasteiger partial charge < -0.3 is 19.1 Å². The van der Waals surface area contributed by atoms with Gasteiger partial charge in [0.1, 0.15) is 11.3 Å². The van der Waals surface area contributed by atoms with E-state index in [1.54, 1.807) is 0 Å². The van der Waals surface area contributed by atoms with Crippen molar-refractivity contribution in [3.63, 3.8) is 0 Å². The Balaban J connectivity index is 0.903. The molecule has 0 aliphatic rings. The summed E-state index contributed by atoms with van der Waals surface area (Å²) in [5, 5.41) is 5.80. The summed E-state index contributed by atoms with van der Waals surface area (Å²) in [7, 11) is 0. The topological polar surface area (TPSA) is 22.9 Å². The number of furan rings is 1. The van der Waals surface area contributed by atoms with Gasteiger partial charge in [0.05, 0.1) is 0 Å². The SMILES string of the molecule is Cc1ccc(N(c2ccc(C)cc2)c2ccc(-c3oc4cc(-c5c6ccccc6c(-c6ccc(N(c7ccc(C)cc7)c7ccc(C)cc7)cc6)c6ccccc56)ccc4c3-c3ccc(N(c4ccc(C)cc4)c4ccc(C)cc4)cc3)cc2)cc1. The molecular formula is C82H65N3O. The zero-order valence-corrected chi connectivity index (χ0v) is 49.4. The van der Waals surface area contributed by atoms with Gasteiger partial charge in [0, 0.05) is 67.7 Å². The van der Waals surface area contributed by atoms with Crippen molar-refractivity contribution in [3.8, 4) is 44.7 Å². The fraction of sp³-hybridized carbons (Fsp3) is 0.0732. The number of rotatable bonds is 13. The van der Waals surface area contributed by atoms with Gasteiger partial charge in [-0.1, -0.05) is 185 Å². The summed E-state index contributed by atoms with van der Waals surface area (Å²) in [6.07, 6.45) is 0. The van der Waals surface area contributed by atoms with Gasteiger partial charge in [0.25, 0.3) is 0 Å². The maximum Gasteiger partial charge on any atom is 0.143 e. The van der Waals surface area contributed by atoms with Crippen molar-refractivity contribution < 1.29 is 4.42 Å². The molecule has 0 unspecified atom stereocenters. The zero-order valence-electron chi connectivity index (χ0n) is 49.4. The van der Waals surface area contributed by atoms with Crippen LogP contribution in [0.15, 0.2) is 290 Å². The predicted molar refractivity (Wildman–Crippen MR) is 365 cm³/mol. The second kappa shape index (κ2) is 22.5. The Labute approximate surface area is 504 Å². The lowest BCUT2D eigenvalue weighted by atomic mass is 9.85. The second-order valence-corrected chi connectivity index (χ2v) is 23.0. The number of hydrogen-bond acceptors (Lipinski definition) is 4. The summed E-state index contributed by atoms with van der Waals surface area (Å²) in [5.74, 6) is 0.819. The maximum absolute atomic E-state index is 7.33. The third-order valence-corrected chi connectivity index (χ3v) is 16.9. The highest BCUT2D eigenvalue weighted by molar-refractivity contribution is 6.22. The Bertz CT molecular complexity index is 4540. The van der Waals surface area contributed by atoms with Gasteiger partial charge in [-0.3, -0.25) is 0 Å². The van der Waals surface area contributed by atoms with Crippen LogP contribution in [0, 0.1) is 41.5 Å². The fourth-order valence-electron chi connectivity index (χ4n) is 12.3. The van der Waals surface area contributed by atoms with E-state index in [4.69, 9.17) is 4.42 Å². The monoisotopic (exact) mass is 1110 g/mol. The molecule has 1 aromatic heterocycles. The molecule has 0 aliphatic carbocycles. The van der Waals surface area contributed by atoms with E-state index in [-0.39, 0.29) is 0 Å². The molecule has 86 heavy (non-hydrogen) atoms. The lowest BCUT2D eigenvalue weighted by molar-refractivity contribution is 0.632. The Morgan fingerprint density at radius 1 is 0.209 bits per heavy atom. The normalized spacial score (nSPS) is 11.4. The average Bonchev–Trinajstić information content (AvgIpc) is 1.17. The molecule has 414 valence electrons. The van der Waals surface area contributed by atoms with Crippen LogP contribution in [0.5, 0.6) is 0 Å². The highest BCUT2D eigenvalue weighted by Gasteiger charge is 2.24. The first-order valence-electron chi connectivity index (χ1n) is 29.7. The molecule has 0 saturated carbocycles. The van der Waals surface area contributed by atoms with Crippen LogP contribution < -0.4 is 14.7 Å². The van der Waals surface area contributed by atoms with Crippen LogP contribution in [0.1, 0.15) is 33.4 Å². The molecule has 0 fully saturated rings. The van der Waals surface area contributed by atoms with Crippen molar-refractivity contribution in [1.29, 1.82) is 0 Å². The van der Waals surface area contributed by atoms with E-state index in [9.17, 15) is 0 Å². The first-order chi connectivity index (χ1) is 42.1. The van der Waals surface area contributed by atoms with Gasteiger partial charge in [-0.05, 0) is 224 Å². The molecule has 0 saturated heterocycles. The van der Waals surface area contributed by atoms with Crippen molar-refractivity contribution in [2.45, 2.75) is 41.5 Å². The van der Waals surface area contributed by atoms with Gasteiger partial charge in [-0.25, -0.2) is 0 Å². The van der Waals surface area contributed by atoms with E-state index in [0.29, 0.717) is 0 Å². The van der Waals surface area contributed by atoms with Crippen LogP contribution >= 0.6 is 0 Å². The van der Waals surface area contributed by atoms with Crippen molar-refractivity contribution in [2.75, 3.05) is 14.7 Å². The van der Waals surface area contributed by atoms with Crippen LogP contribution in [-0.2, 0) is 0 Å². The molecule has 4 nitrogen and oxygen atoms in total. The van der Waals surface area contributed by atoms with Crippen LogP contribution in [0.4, 0.5) is 51.2 Å². The molecule has 0 aliphatic heterocycles. The average molecular weight is 1110 g/mol. The molecule has 13 aromatic carbocycles. The number of hydrogen-bond donors (Lipinski definition) is 0. The summed E-state index contributed by atoms with van der Waals surface area (Å²) in [6, 6.07) is 104. The molecule has 1 heterocycles. The lowest BCUT2D eigenvalue weighted by Crippen LogP contribution is -2.10. The number of aryl methyl sites for hydroxylation is 6. The summed E-state index contributed by atoms with van der Waals surface area (Å²) < 4.78 is 7.33. The Hall–Kier alpha value is -10.7. The molecule has 0 amide bonds. The smallest absolute Gasteiger partial charge is 0.143 e. The van der Waals surface area contributed by atoms with E-state index in [1.807, 2.05) is 0 Å². The summed E-state index contributed by atoms with van der Waals surface area (Å²) in [4.78, 5) is 6.99. The van der Waals surface area contributed by atoms with Gasteiger partial charge >= 0.3 is 0 Å². The molecular weight excluding hydrogens is 1040 g/mol. The van der Waals surface area contributed by atoms with Gasteiger partial charge in [-0.15, -0.1) is 0 Å². The van der Waals surface area contributed by atoms with Gasteiger partial charge in [0.2, 0.25) is 0 Å². The summed E-state index contributed by atoms with van der Waals surface area (Å²) >= 11 is 0. The third-order valence-electron chi connectivity index (χ3n) is 16.9. The van der Waals surface area contributed by atoms with Gasteiger partial charge in [-0.2, -0.15) is 0 Å². The fourth-order valence-corrected chi connectivity index (χ4v) is 12.3. The highest BCUT2D eigenvalue weighted by atomic mass is 16.3. The quantitative estimate of drug-likeness (QED) is 0.107. The lowest BCUT2D eigenvalue weighted by Gasteiger charge is -2.26. The van der Waals surface area contributed by atoms with Crippen LogP contribution in [-0.4, -0.2) is 0 Å². The second-order valence-electron chi connectivity index (χ2n) is 23.0. The van der Waals surface area contributed by atoms with Crippen LogP contribution in [0.3, 0.4) is 0 Å². The first kappa shape index (κ1) is 53.3. The molecule has 0 radical (unpaired) electrons. The number of benzene rings is 13. The van der Waals surface area contributed by atoms with E-state index >= 15 is 0 Å². The zero-order chi connectivity index (χ0) is 58.4. The molecule has 0 atom stereocenters. The van der Waals surface area contributed by atoms with Gasteiger partial charge in [0.15, 0.2) is 0 Å². The number of nitrogens with zero attached hydrogens (tertiary/aromatic N) is 3. The Morgan fingerprint density at radius 3 is 0.733 bits per heavy atom. The Kier molecular flexibility index (Phi) is 13.9. The summed E-state index contributed by atoms with van der Waals surface area (Å²) in [5.41, 5.74) is 25.8. The Morgan fingerprint density at radius 2 is 0.442 bits per heavy atom. The maximum atomic E-state index is 7.33. The molecule has 14 rings (SSSR count). The van der Waals surface area contributed by atoms with E-state index < -0.39 is 0 Å². The number of fused-ring (bicyclic) bond motifs is 3. The molecule has 0 spiro atoms. The minimum absolute atomic E-state index is 0.819. The largest absolute Gasteiger partial charge is 0.455 e. The van der Waals surface area contributed by atoms with Crippen molar-refractivity contribution in [2.24, 2.45) is 0 Å². The minimum atomic E-state index is 0.819. The first-order valence-corrected chi connectivity index (χ1v) is 29.7. The van der Waals surface area contributed by atoms with Crippen LogP contribution in [0.2, 0.25) is 0 Å². The molecule has 0 N–H and O–H groups in total. The van der Waals surface area contributed by atoms with Crippen molar-refractivity contribution in [1.82, 2.24) is 0 Å². The van der Waals surface area contributed by atoms with E-state index in [2.05, 4.69) is 341 Å². The third kappa shape index (κ3) is 10.2. The van der Waals surface area contributed by atoms with E-state index in [1.165, 1.54) is 66.1 Å². The molecule has 14 aromatic rings. The van der Waals surface area contributed by atoms with Crippen LogP contribution in [0.25, 0.3) is 77.2 Å². The predicted octanol–water partition coefficient (Wildman–Crippen LogP) is 23.7.